The molecule has 1 aromatic heterocycles. The van der Waals surface area contributed by atoms with Gasteiger partial charge in [-0.1, -0.05) is 44.2 Å². The molecule has 206 valence electrons. The van der Waals surface area contributed by atoms with Gasteiger partial charge in [0.2, 0.25) is 5.91 Å². The molecule has 8 heteroatoms. The van der Waals surface area contributed by atoms with Crippen molar-refractivity contribution in [1.82, 2.24) is 15.3 Å². The number of carbonyl (C=O) groups excluding carboxylic acids is 2. The lowest BCUT2D eigenvalue weighted by atomic mass is 9.91. The van der Waals surface area contributed by atoms with Gasteiger partial charge in [-0.25, -0.2) is 9.97 Å². The van der Waals surface area contributed by atoms with Crippen molar-refractivity contribution < 1.29 is 9.59 Å². The Morgan fingerprint density at radius 3 is 2.28 bits per heavy atom. The van der Waals surface area contributed by atoms with Crippen LogP contribution in [0.15, 0.2) is 54.6 Å². The highest BCUT2D eigenvalue weighted by atomic mass is 16.2. The summed E-state index contributed by atoms with van der Waals surface area (Å²) in [5.41, 5.74) is 3.20. The van der Waals surface area contributed by atoms with Gasteiger partial charge in [-0.15, -0.1) is 0 Å². The van der Waals surface area contributed by atoms with Gasteiger partial charge in [0.15, 0.2) is 0 Å². The van der Waals surface area contributed by atoms with Gasteiger partial charge in [-0.05, 0) is 67.9 Å². The molecule has 1 fully saturated rings. The molecule has 0 saturated heterocycles. The maximum atomic E-state index is 13.0. The second-order valence-corrected chi connectivity index (χ2v) is 10.9. The molecule has 2 amide bonds. The van der Waals surface area contributed by atoms with Gasteiger partial charge in [0.1, 0.15) is 17.5 Å². The number of hydrogen-bond donors (Lipinski definition) is 3. The highest BCUT2D eigenvalue weighted by molar-refractivity contribution is 6.06. The van der Waals surface area contributed by atoms with Crippen LogP contribution >= 0.6 is 0 Å². The summed E-state index contributed by atoms with van der Waals surface area (Å²) >= 11 is 0. The molecule has 1 heterocycles. The Morgan fingerprint density at radius 2 is 1.62 bits per heavy atom. The summed E-state index contributed by atoms with van der Waals surface area (Å²) in [5, 5.41) is 9.70. The monoisotopic (exact) mass is 528 g/mol. The lowest BCUT2D eigenvalue weighted by Gasteiger charge is -2.30. The molecule has 3 aromatic rings. The Hall–Kier alpha value is -3.94. The molecular formula is C31H40N6O2. The largest absolute Gasteiger partial charge is 0.367 e. The highest BCUT2D eigenvalue weighted by Gasteiger charge is 2.24. The number of nitrogens with one attached hydrogen (secondary N) is 3. The number of benzene rings is 2. The van der Waals surface area contributed by atoms with Crippen molar-refractivity contribution in [3.8, 4) is 0 Å². The lowest BCUT2D eigenvalue weighted by Crippen LogP contribution is -2.41. The maximum Gasteiger partial charge on any atom is 0.255 e. The average molecular weight is 529 g/mol. The highest BCUT2D eigenvalue weighted by Crippen LogP contribution is 2.24. The van der Waals surface area contributed by atoms with Crippen LogP contribution in [0.2, 0.25) is 0 Å². The zero-order valence-electron chi connectivity index (χ0n) is 23.6. The van der Waals surface area contributed by atoms with Gasteiger partial charge in [0, 0.05) is 43.5 Å². The van der Waals surface area contributed by atoms with E-state index in [9.17, 15) is 9.59 Å². The molecule has 0 spiro atoms. The van der Waals surface area contributed by atoms with Crippen LogP contribution < -0.4 is 20.9 Å². The van der Waals surface area contributed by atoms with E-state index in [1.165, 1.54) is 5.56 Å². The minimum absolute atomic E-state index is 0.0602. The molecule has 1 aliphatic rings. The fourth-order valence-corrected chi connectivity index (χ4v) is 4.94. The predicted molar refractivity (Wildman–Crippen MR) is 158 cm³/mol. The van der Waals surface area contributed by atoms with Gasteiger partial charge < -0.3 is 20.9 Å². The van der Waals surface area contributed by atoms with Crippen LogP contribution in [0.3, 0.4) is 0 Å². The minimum Gasteiger partial charge on any atom is -0.367 e. The van der Waals surface area contributed by atoms with Gasteiger partial charge in [-0.3, -0.25) is 9.59 Å². The van der Waals surface area contributed by atoms with E-state index in [-0.39, 0.29) is 24.3 Å². The number of aryl methyl sites for hydroxylation is 1. The van der Waals surface area contributed by atoms with Crippen LogP contribution in [0.25, 0.3) is 0 Å². The number of hydrogen-bond acceptors (Lipinski definition) is 6. The fourth-order valence-electron chi connectivity index (χ4n) is 4.94. The van der Waals surface area contributed by atoms with E-state index < -0.39 is 0 Å². The van der Waals surface area contributed by atoms with Crippen LogP contribution in [-0.2, 0) is 11.2 Å². The van der Waals surface area contributed by atoms with E-state index >= 15 is 0 Å². The van der Waals surface area contributed by atoms with Crippen LogP contribution in [0.4, 0.5) is 17.3 Å². The normalized spacial score (nSPS) is 17.0. The molecule has 39 heavy (non-hydrogen) atoms. The maximum absolute atomic E-state index is 13.0. The third kappa shape index (κ3) is 7.78. The van der Waals surface area contributed by atoms with Crippen molar-refractivity contribution in [2.24, 2.45) is 0 Å². The molecular weight excluding hydrogens is 488 g/mol. The predicted octanol–water partition coefficient (Wildman–Crippen LogP) is 5.31. The number of nitrogens with zero attached hydrogens (tertiary/aromatic N) is 3. The summed E-state index contributed by atoms with van der Waals surface area (Å²) in [6, 6.07) is 17.6. The second kappa shape index (κ2) is 12.7. The van der Waals surface area contributed by atoms with Gasteiger partial charge in [-0.2, -0.15) is 0 Å². The van der Waals surface area contributed by atoms with E-state index in [0.717, 1.165) is 54.4 Å². The van der Waals surface area contributed by atoms with Crippen molar-refractivity contribution in [2.75, 3.05) is 29.6 Å². The third-order valence-electron chi connectivity index (χ3n) is 7.18. The zero-order valence-corrected chi connectivity index (χ0v) is 23.6. The molecule has 3 N–H and O–H groups in total. The van der Waals surface area contributed by atoms with Crippen molar-refractivity contribution in [1.29, 1.82) is 0 Å². The summed E-state index contributed by atoms with van der Waals surface area (Å²) in [7, 11) is 3.94. The Labute approximate surface area is 231 Å². The molecule has 0 radical (unpaired) electrons. The Balaban J connectivity index is 1.29. The molecule has 8 nitrogen and oxygen atoms in total. The first-order valence-corrected chi connectivity index (χ1v) is 13.8. The zero-order chi connectivity index (χ0) is 27.9. The number of rotatable bonds is 9. The van der Waals surface area contributed by atoms with Crippen LogP contribution in [-0.4, -0.2) is 48.0 Å². The lowest BCUT2D eigenvalue weighted by molar-refractivity contribution is -0.121. The Bertz CT molecular complexity index is 1280. The third-order valence-corrected chi connectivity index (χ3v) is 7.18. The number of anilines is 3. The smallest absolute Gasteiger partial charge is 0.255 e. The second-order valence-electron chi connectivity index (χ2n) is 10.9. The van der Waals surface area contributed by atoms with E-state index in [4.69, 9.17) is 0 Å². The van der Waals surface area contributed by atoms with E-state index in [1.807, 2.05) is 74.4 Å². The number of amides is 2. The number of carbonyl (C=O) groups is 2. The van der Waals surface area contributed by atoms with Crippen LogP contribution in [0, 0.1) is 6.92 Å². The molecule has 4 rings (SSSR count). The van der Waals surface area contributed by atoms with Gasteiger partial charge in [0.25, 0.3) is 5.91 Å². The molecule has 0 bridgehead atoms. The minimum atomic E-state index is -0.209. The van der Waals surface area contributed by atoms with Crippen molar-refractivity contribution in [3.63, 3.8) is 0 Å². The van der Waals surface area contributed by atoms with Gasteiger partial charge >= 0.3 is 0 Å². The first kappa shape index (κ1) is 28.1. The molecule has 0 atom stereocenters. The van der Waals surface area contributed by atoms with Gasteiger partial charge in [0.05, 0.1) is 6.42 Å². The van der Waals surface area contributed by atoms with Crippen LogP contribution in [0.5, 0.6) is 0 Å². The van der Waals surface area contributed by atoms with E-state index in [0.29, 0.717) is 17.5 Å². The molecule has 0 aliphatic heterocycles. The Kier molecular flexibility index (Phi) is 9.17. The average Bonchev–Trinajstić information content (AvgIpc) is 2.90. The van der Waals surface area contributed by atoms with E-state index in [2.05, 4.69) is 39.8 Å². The van der Waals surface area contributed by atoms with E-state index in [1.54, 1.807) is 6.07 Å². The van der Waals surface area contributed by atoms with Crippen LogP contribution in [0.1, 0.15) is 72.8 Å². The summed E-state index contributed by atoms with van der Waals surface area (Å²) < 4.78 is 0. The topological polar surface area (TPSA) is 99.2 Å². The summed E-state index contributed by atoms with van der Waals surface area (Å²) in [4.78, 5) is 36.9. The first-order chi connectivity index (χ1) is 18.7. The van der Waals surface area contributed by atoms with Crippen molar-refractivity contribution in [2.45, 2.75) is 70.9 Å². The SMILES string of the molecule is Cc1nc(NC2CCC(NC(=O)Cc3ccccc3C(=O)Nc3ccc(C(C)C)cc3)CC2)cc(N(C)C)n1. The molecule has 1 aliphatic carbocycles. The Morgan fingerprint density at radius 1 is 0.949 bits per heavy atom. The quantitative estimate of drug-likeness (QED) is 0.348. The van der Waals surface area contributed by atoms with Crippen molar-refractivity contribution in [3.05, 3.63) is 77.1 Å². The molecule has 0 unspecified atom stereocenters. The molecule has 2 aromatic carbocycles. The van der Waals surface area contributed by atoms with Crippen molar-refractivity contribution >= 4 is 29.1 Å². The molecule has 1 saturated carbocycles. The first-order valence-electron chi connectivity index (χ1n) is 13.8. The summed E-state index contributed by atoms with van der Waals surface area (Å²) in [5.74, 6) is 2.62. The standard InChI is InChI=1S/C31H40N6O2/c1-20(2)22-10-12-26(13-11-22)36-31(39)27-9-7-6-8-23(27)18-30(38)35-25-16-14-24(15-17-25)34-28-19-29(37(4)5)33-21(3)32-28/h6-13,19-20,24-25H,14-18H2,1-5H3,(H,35,38)(H,36,39)(H,32,33,34). The number of aromatic nitrogens is 2. The summed E-state index contributed by atoms with van der Waals surface area (Å²) in [6.45, 7) is 6.18. The summed E-state index contributed by atoms with van der Waals surface area (Å²) in [6.07, 6.45) is 3.84. The fraction of sp³-hybridized carbons (Fsp3) is 0.419.